The van der Waals surface area contributed by atoms with Crippen molar-refractivity contribution in [3.8, 4) is 0 Å². The highest BCUT2D eigenvalue weighted by Crippen LogP contribution is 2.51. The lowest BCUT2D eigenvalue weighted by molar-refractivity contribution is 0.471. The highest BCUT2D eigenvalue weighted by Gasteiger charge is 2.41. The number of hydrogen-bond donors (Lipinski definition) is 1. The van der Waals surface area contributed by atoms with Gasteiger partial charge in [-0.2, -0.15) is 0 Å². The van der Waals surface area contributed by atoms with E-state index in [9.17, 15) is 0 Å². The minimum atomic E-state index is 0.513. The Morgan fingerprint density at radius 1 is 1.36 bits per heavy atom. The molecule has 1 aromatic rings. The van der Waals surface area contributed by atoms with Gasteiger partial charge in [0.25, 0.3) is 0 Å². The molecule has 14 heavy (non-hydrogen) atoms. The molecule has 0 amide bonds. The number of hydrogen-bond acceptors (Lipinski definition) is 1. The van der Waals surface area contributed by atoms with E-state index in [0.717, 1.165) is 24.4 Å². The summed E-state index contributed by atoms with van der Waals surface area (Å²) in [6.07, 6.45) is 4.96. The lowest BCUT2D eigenvalue weighted by atomic mass is 9.93. The van der Waals surface area contributed by atoms with E-state index in [4.69, 9.17) is 17.3 Å². The summed E-state index contributed by atoms with van der Waals surface area (Å²) in [6.45, 7) is 0.806. The second kappa shape index (κ2) is 3.92. The zero-order chi connectivity index (χ0) is 10.0. The van der Waals surface area contributed by atoms with E-state index < -0.39 is 0 Å². The summed E-state index contributed by atoms with van der Waals surface area (Å²) in [5, 5.41) is 0.839. The average molecular weight is 210 g/mol. The van der Waals surface area contributed by atoms with Gasteiger partial charge in [-0.3, -0.25) is 0 Å². The Balaban J connectivity index is 2.03. The summed E-state index contributed by atoms with van der Waals surface area (Å²) >= 11 is 5.95. The molecule has 0 radical (unpaired) electrons. The molecule has 0 saturated heterocycles. The van der Waals surface area contributed by atoms with Crippen LogP contribution in [0.4, 0.5) is 0 Å². The van der Waals surface area contributed by atoms with Crippen molar-refractivity contribution in [2.75, 3.05) is 6.54 Å². The van der Waals surface area contributed by atoms with Gasteiger partial charge in [-0.25, -0.2) is 0 Å². The number of halogens is 1. The van der Waals surface area contributed by atoms with Crippen molar-refractivity contribution in [1.82, 2.24) is 0 Å². The molecule has 0 unspecified atom stereocenters. The third-order valence-corrected chi connectivity index (χ3v) is 3.34. The second-order valence-corrected chi connectivity index (χ2v) is 4.78. The number of rotatable bonds is 4. The lowest BCUT2D eigenvalue weighted by Crippen LogP contribution is -2.11. The quantitative estimate of drug-likeness (QED) is 0.811. The fraction of sp³-hybridized carbons (Fsp3) is 0.500. The Hall–Kier alpha value is -0.530. The van der Waals surface area contributed by atoms with Crippen LogP contribution in [0.15, 0.2) is 24.3 Å². The average Bonchev–Trinajstić information content (AvgIpc) is 2.85. The third-order valence-electron chi connectivity index (χ3n) is 3.10. The van der Waals surface area contributed by atoms with Crippen molar-refractivity contribution in [3.63, 3.8) is 0 Å². The van der Waals surface area contributed by atoms with Gasteiger partial charge in [0.05, 0.1) is 0 Å². The summed E-state index contributed by atoms with van der Waals surface area (Å²) in [5.41, 5.74) is 7.48. The molecule has 0 heterocycles. The van der Waals surface area contributed by atoms with Gasteiger partial charge in [-0.05, 0) is 55.3 Å². The van der Waals surface area contributed by atoms with Gasteiger partial charge in [0, 0.05) is 5.02 Å². The zero-order valence-corrected chi connectivity index (χ0v) is 9.06. The van der Waals surface area contributed by atoms with Crippen LogP contribution in [0.1, 0.15) is 24.8 Å². The standard InChI is InChI=1S/C12H16ClN/c13-11-3-1-2-10(8-11)9-12(4-5-12)6-7-14/h1-3,8H,4-7,9,14H2. The third kappa shape index (κ3) is 2.28. The Morgan fingerprint density at radius 2 is 2.14 bits per heavy atom. The van der Waals surface area contributed by atoms with Crippen LogP contribution in [0, 0.1) is 5.41 Å². The van der Waals surface area contributed by atoms with E-state index in [1.165, 1.54) is 18.4 Å². The lowest BCUT2D eigenvalue weighted by Gasteiger charge is -2.13. The van der Waals surface area contributed by atoms with Crippen molar-refractivity contribution >= 4 is 11.6 Å². The monoisotopic (exact) mass is 209 g/mol. The number of benzene rings is 1. The smallest absolute Gasteiger partial charge is 0.0408 e. The largest absolute Gasteiger partial charge is 0.330 e. The summed E-state index contributed by atoms with van der Waals surface area (Å²) in [7, 11) is 0. The van der Waals surface area contributed by atoms with E-state index in [1.807, 2.05) is 12.1 Å². The molecule has 76 valence electrons. The molecule has 0 atom stereocenters. The maximum atomic E-state index is 5.95. The summed E-state index contributed by atoms with van der Waals surface area (Å²) in [5.74, 6) is 0. The fourth-order valence-electron chi connectivity index (χ4n) is 2.08. The van der Waals surface area contributed by atoms with Gasteiger partial charge < -0.3 is 5.73 Å². The van der Waals surface area contributed by atoms with E-state index in [-0.39, 0.29) is 0 Å². The van der Waals surface area contributed by atoms with Crippen LogP contribution in [0.2, 0.25) is 5.02 Å². The molecular weight excluding hydrogens is 194 g/mol. The first-order valence-electron chi connectivity index (χ1n) is 5.19. The molecule has 0 aromatic heterocycles. The molecule has 2 heteroatoms. The van der Waals surface area contributed by atoms with Crippen molar-refractivity contribution in [2.45, 2.75) is 25.7 Å². The Labute approximate surface area is 90.3 Å². The first-order valence-corrected chi connectivity index (χ1v) is 5.56. The molecule has 0 spiro atoms. The number of nitrogens with two attached hydrogens (primary N) is 1. The van der Waals surface area contributed by atoms with E-state index in [0.29, 0.717) is 5.41 Å². The van der Waals surface area contributed by atoms with Crippen LogP contribution < -0.4 is 5.73 Å². The highest BCUT2D eigenvalue weighted by atomic mass is 35.5. The molecule has 2 N–H and O–H groups in total. The minimum absolute atomic E-state index is 0.513. The fourth-order valence-corrected chi connectivity index (χ4v) is 2.29. The van der Waals surface area contributed by atoms with Gasteiger partial charge in [0.2, 0.25) is 0 Å². The SMILES string of the molecule is NCCC1(Cc2cccc(Cl)c2)CC1. The van der Waals surface area contributed by atoms with Crippen LogP contribution in [-0.4, -0.2) is 6.54 Å². The molecule has 1 aliphatic rings. The molecule has 2 rings (SSSR count). The van der Waals surface area contributed by atoms with E-state index >= 15 is 0 Å². The van der Waals surface area contributed by atoms with Crippen molar-refractivity contribution in [1.29, 1.82) is 0 Å². The second-order valence-electron chi connectivity index (χ2n) is 4.35. The van der Waals surface area contributed by atoms with Gasteiger partial charge >= 0.3 is 0 Å². The van der Waals surface area contributed by atoms with Crippen LogP contribution >= 0.6 is 11.6 Å². The van der Waals surface area contributed by atoms with E-state index in [2.05, 4.69) is 12.1 Å². The van der Waals surface area contributed by atoms with Gasteiger partial charge in [-0.15, -0.1) is 0 Å². The summed E-state index contributed by atoms with van der Waals surface area (Å²) < 4.78 is 0. The minimum Gasteiger partial charge on any atom is -0.330 e. The Bertz CT molecular complexity index is 318. The maximum Gasteiger partial charge on any atom is 0.0408 e. The molecule has 1 nitrogen and oxygen atoms in total. The summed E-state index contributed by atoms with van der Waals surface area (Å²) in [6, 6.07) is 8.17. The zero-order valence-electron chi connectivity index (χ0n) is 8.30. The van der Waals surface area contributed by atoms with E-state index in [1.54, 1.807) is 0 Å². The predicted molar refractivity (Wildman–Crippen MR) is 60.5 cm³/mol. The Kier molecular flexibility index (Phi) is 2.80. The molecule has 1 saturated carbocycles. The first kappa shape index (κ1) is 10.0. The van der Waals surface area contributed by atoms with Crippen molar-refractivity contribution in [2.24, 2.45) is 11.1 Å². The van der Waals surface area contributed by atoms with Crippen LogP contribution in [-0.2, 0) is 6.42 Å². The highest BCUT2D eigenvalue weighted by molar-refractivity contribution is 6.30. The Morgan fingerprint density at radius 3 is 2.71 bits per heavy atom. The molecule has 1 fully saturated rings. The molecule has 1 aromatic carbocycles. The van der Waals surface area contributed by atoms with Gasteiger partial charge in [0.1, 0.15) is 0 Å². The van der Waals surface area contributed by atoms with Crippen LogP contribution in [0.25, 0.3) is 0 Å². The molecule has 1 aliphatic carbocycles. The normalized spacial score (nSPS) is 18.1. The molecule has 0 aliphatic heterocycles. The molecular formula is C12H16ClN. The van der Waals surface area contributed by atoms with Gasteiger partial charge in [0.15, 0.2) is 0 Å². The van der Waals surface area contributed by atoms with Crippen molar-refractivity contribution in [3.05, 3.63) is 34.9 Å². The maximum absolute atomic E-state index is 5.95. The predicted octanol–water partition coefficient (Wildman–Crippen LogP) is 3.01. The topological polar surface area (TPSA) is 26.0 Å². The van der Waals surface area contributed by atoms with Crippen LogP contribution in [0.5, 0.6) is 0 Å². The first-order chi connectivity index (χ1) is 6.74. The van der Waals surface area contributed by atoms with Crippen molar-refractivity contribution < 1.29 is 0 Å². The molecule has 0 bridgehead atoms. The summed E-state index contributed by atoms with van der Waals surface area (Å²) in [4.78, 5) is 0. The van der Waals surface area contributed by atoms with Crippen LogP contribution in [0.3, 0.4) is 0 Å². The van der Waals surface area contributed by atoms with Gasteiger partial charge in [-0.1, -0.05) is 23.7 Å².